The smallest absolute Gasteiger partial charge is 0.282 e. The Labute approximate surface area is 265 Å². The molecule has 6 nitrogen and oxygen atoms in total. The van der Waals surface area contributed by atoms with E-state index in [4.69, 9.17) is 49.3 Å². The van der Waals surface area contributed by atoms with Crippen molar-refractivity contribution < 1.29 is 9.47 Å². The number of aryl methyl sites for hydroxylation is 1. The number of ether oxygens (including phenoxy) is 2. The fourth-order valence-electron chi connectivity index (χ4n) is 4.74. The molecule has 1 heterocycles. The van der Waals surface area contributed by atoms with Gasteiger partial charge in [-0.05, 0) is 91.1 Å². The lowest BCUT2D eigenvalue weighted by molar-refractivity contribution is 0.306. The molecule has 5 aromatic rings. The van der Waals surface area contributed by atoms with Gasteiger partial charge in [-0.1, -0.05) is 66.8 Å². The third-order valence-corrected chi connectivity index (χ3v) is 7.91. The van der Waals surface area contributed by atoms with Crippen molar-refractivity contribution in [2.24, 2.45) is 5.10 Å². The van der Waals surface area contributed by atoms with E-state index in [9.17, 15) is 4.79 Å². The van der Waals surface area contributed by atoms with Gasteiger partial charge in [-0.3, -0.25) is 4.79 Å². The molecule has 0 N–H and O–H groups in total. The van der Waals surface area contributed by atoms with Crippen molar-refractivity contribution >= 4 is 51.9 Å². The molecule has 9 heteroatoms. The highest BCUT2D eigenvalue weighted by atomic mass is 35.5. The Kier molecular flexibility index (Phi) is 9.40. The van der Waals surface area contributed by atoms with Crippen LogP contribution in [0.25, 0.3) is 22.3 Å². The minimum atomic E-state index is -0.295. The molecule has 0 saturated heterocycles. The van der Waals surface area contributed by atoms with Gasteiger partial charge in [-0.25, -0.2) is 4.98 Å². The van der Waals surface area contributed by atoms with Crippen molar-refractivity contribution in [1.29, 1.82) is 0 Å². The van der Waals surface area contributed by atoms with Crippen LogP contribution in [-0.4, -0.2) is 22.5 Å². The first-order valence-electron chi connectivity index (χ1n) is 13.9. The van der Waals surface area contributed by atoms with E-state index in [-0.39, 0.29) is 18.1 Å². The second kappa shape index (κ2) is 13.2. The van der Waals surface area contributed by atoms with E-state index in [1.165, 1.54) is 4.68 Å². The monoisotopic (exact) mass is 633 g/mol. The number of fused-ring (bicyclic) bond motifs is 1. The lowest BCUT2D eigenvalue weighted by atomic mass is 9.96. The van der Waals surface area contributed by atoms with Crippen LogP contribution in [0.15, 0.2) is 82.7 Å². The van der Waals surface area contributed by atoms with Crippen LogP contribution in [0.2, 0.25) is 15.1 Å². The summed E-state index contributed by atoms with van der Waals surface area (Å²) in [5, 5.41) is 6.54. The maximum absolute atomic E-state index is 13.9. The van der Waals surface area contributed by atoms with Gasteiger partial charge in [0.1, 0.15) is 18.1 Å². The first-order chi connectivity index (χ1) is 20.7. The molecule has 0 spiro atoms. The Morgan fingerprint density at radius 1 is 0.930 bits per heavy atom. The molecule has 0 bridgehead atoms. The van der Waals surface area contributed by atoms with Crippen LogP contribution in [0.3, 0.4) is 0 Å². The van der Waals surface area contributed by atoms with Crippen LogP contribution < -0.4 is 15.0 Å². The van der Waals surface area contributed by atoms with Crippen molar-refractivity contribution in [3.8, 4) is 22.9 Å². The van der Waals surface area contributed by atoms with Gasteiger partial charge in [-0.15, -0.1) is 0 Å². The van der Waals surface area contributed by atoms with Gasteiger partial charge in [0.25, 0.3) is 5.56 Å². The molecule has 4 aromatic carbocycles. The second-order valence-corrected chi connectivity index (χ2v) is 11.6. The van der Waals surface area contributed by atoms with E-state index < -0.39 is 0 Å². The van der Waals surface area contributed by atoms with Crippen LogP contribution in [-0.2, 0) is 6.61 Å². The SMILES string of the molecule is CCOc1cc(C)c(-c2nc3ccccc3c(=O)n2N=Cc2cc(Cl)ccc2OCc2ccc(Cl)c(Cl)c2)cc1C(C)C. The van der Waals surface area contributed by atoms with Gasteiger partial charge in [0, 0.05) is 16.1 Å². The molecule has 0 aliphatic rings. The molecule has 0 aliphatic heterocycles. The molecule has 0 saturated carbocycles. The molecule has 0 unspecified atom stereocenters. The molecule has 1 aromatic heterocycles. The summed E-state index contributed by atoms with van der Waals surface area (Å²) < 4.78 is 13.4. The van der Waals surface area contributed by atoms with Crippen LogP contribution >= 0.6 is 34.8 Å². The van der Waals surface area contributed by atoms with Crippen molar-refractivity contribution in [2.45, 2.75) is 40.2 Å². The molecule has 0 amide bonds. The zero-order valence-electron chi connectivity index (χ0n) is 24.2. The number of hydrogen-bond donors (Lipinski definition) is 0. The summed E-state index contributed by atoms with van der Waals surface area (Å²) in [5.74, 6) is 1.95. The van der Waals surface area contributed by atoms with E-state index in [1.54, 1.807) is 42.6 Å². The summed E-state index contributed by atoms with van der Waals surface area (Å²) in [7, 11) is 0. The van der Waals surface area contributed by atoms with Crippen molar-refractivity contribution in [3.05, 3.63) is 120 Å². The van der Waals surface area contributed by atoms with Gasteiger partial charge in [0.15, 0.2) is 5.82 Å². The largest absolute Gasteiger partial charge is 0.494 e. The van der Waals surface area contributed by atoms with Crippen LogP contribution in [0.4, 0.5) is 0 Å². The first kappa shape index (κ1) is 30.6. The lowest BCUT2D eigenvalue weighted by Gasteiger charge is -2.18. The van der Waals surface area contributed by atoms with Gasteiger partial charge in [0.2, 0.25) is 0 Å². The predicted molar refractivity (Wildman–Crippen MR) is 177 cm³/mol. The Morgan fingerprint density at radius 3 is 2.47 bits per heavy atom. The van der Waals surface area contributed by atoms with Crippen LogP contribution in [0.5, 0.6) is 11.5 Å². The zero-order valence-corrected chi connectivity index (χ0v) is 26.5. The van der Waals surface area contributed by atoms with Crippen molar-refractivity contribution in [1.82, 2.24) is 9.66 Å². The number of rotatable bonds is 9. The molecular weight excluding hydrogens is 605 g/mol. The average Bonchev–Trinajstić information content (AvgIpc) is 2.98. The van der Waals surface area contributed by atoms with Crippen molar-refractivity contribution in [3.63, 3.8) is 0 Å². The van der Waals surface area contributed by atoms with E-state index in [2.05, 4.69) is 18.9 Å². The first-order valence-corrected chi connectivity index (χ1v) is 15.0. The highest BCUT2D eigenvalue weighted by Gasteiger charge is 2.19. The Balaban J connectivity index is 1.62. The van der Waals surface area contributed by atoms with Gasteiger partial charge in [-0.2, -0.15) is 9.78 Å². The third kappa shape index (κ3) is 6.72. The lowest BCUT2D eigenvalue weighted by Crippen LogP contribution is -2.21. The molecule has 220 valence electrons. The van der Waals surface area contributed by atoms with Crippen molar-refractivity contribution in [2.75, 3.05) is 6.61 Å². The fraction of sp³-hybridized carbons (Fsp3) is 0.206. The van der Waals surface area contributed by atoms with E-state index in [0.29, 0.717) is 49.7 Å². The van der Waals surface area contributed by atoms with E-state index >= 15 is 0 Å². The molecule has 43 heavy (non-hydrogen) atoms. The Bertz CT molecular complexity index is 1900. The topological polar surface area (TPSA) is 65.7 Å². The Hall–Kier alpha value is -3.84. The summed E-state index contributed by atoms with van der Waals surface area (Å²) in [6, 6.07) is 21.8. The fourth-order valence-corrected chi connectivity index (χ4v) is 5.24. The minimum Gasteiger partial charge on any atom is -0.494 e. The molecular formula is C34H30Cl3N3O3. The number of para-hydroxylation sites is 1. The second-order valence-electron chi connectivity index (χ2n) is 10.3. The summed E-state index contributed by atoms with van der Waals surface area (Å²) in [4.78, 5) is 18.8. The minimum absolute atomic E-state index is 0.187. The summed E-state index contributed by atoms with van der Waals surface area (Å²) in [5.41, 5.74) is 4.44. The van der Waals surface area contributed by atoms with Crippen LogP contribution in [0, 0.1) is 6.92 Å². The van der Waals surface area contributed by atoms with E-state index in [1.807, 2.05) is 50.2 Å². The Morgan fingerprint density at radius 2 is 1.72 bits per heavy atom. The van der Waals surface area contributed by atoms with E-state index in [0.717, 1.165) is 28.0 Å². The highest BCUT2D eigenvalue weighted by Crippen LogP contribution is 2.34. The molecule has 0 fully saturated rings. The molecule has 0 aliphatic carbocycles. The summed E-state index contributed by atoms with van der Waals surface area (Å²) in [6.45, 7) is 8.94. The highest BCUT2D eigenvalue weighted by molar-refractivity contribution is 6.42. The maximum Gasteiger partial charge on any atom is 0.282 e. The number of nitrogens with zero attached hydrogens (tertiary/aromatic N) is 3. The summed E-state index contributed by atoms with van der Waals surface area (Å²) in [6.07, 6.45) is 1.56. The number of benzene rings is 4. The number of halogens is 3. The number of hydrogen-bond acceptors (Lipinski definition) is 5. The van der Waals surface area contributed by atoms with Gasteiger partial charge in [0.05, 0.1) is 33.8 Å². The molecule has 5 rings (SSSR count). The summed E-state index contributed by atoms with van der Waals surface area (Å²) >= 11 is 18.6. The standard InChI is InChI=1S/C34H30Cl3N3O3/c1-5-42-32-14-21(4)27(17-26(32)20(2)3)33-39-30-9-7-6-8-25(30)34(41)40(33)38-18-23-16-24(35)11-13-31(23)43-19-22-10-12-28(36)29(37)15-22/h6-18,20H,5,19H2,1-4H3. The van der Waals surface area contributed by atoms with Crippen LogP contribution in [0.1, 0.15) is 48.9 Å². The zero-order chi connectivity index (χ0) is 30.7. The average molecular weight is 635 g/mol. The third-order valence-electron chi connectivity index (χ3n) is 6.94. The maximum atomic E-state index is 13.9. The predicted octanol–water partition coefficient (Wildman–Crippen LogP) is 9.32. The van der Waals surface area contributed by atoms with Gasteiger partial charge < -0.3 is 9.47 Å². The van der Waals surface area contributed by atoms with Gasteiger partial charge >= 0.3 is 0 Å². The quantitative estimate of drug-likeness (QED) is 0.152. The number of aromatic nitrogens is 2. The molecule has 0 atom stereocenters. The molecule has 0 radical (unpaired) electrons. The normalized spacial score (nSPS) is 11.5.